The van der Waals surface area contributed by atoms with E-state index in [0.29, 0.717) is 11.2 Å². The molecule has 1 N–H and O–H groups in total. The Kier molecular flexibility index (Phi) is 36.8. The minimum absolute atomic E-state index is 0. The number of thioether (sulfide) groups is 1. The topological polar surface area (TPSA) is 104 Å². The second kappa shape index (κ2) is 25.3. The Morgan fingerprint density at radius 2 is 1.61 bits per heavy atom. The smallest absolute Gasteiger partial charge is 0 e. The molecule has 0 bridgehead atoms. The second-order valence-electron chi connectivity index (χ2n) is 2.69. The molecule has 0 fully saturated rings. The third-order valence-electron chi connectivity index (χ3n) is 1.75. The SMILES string of the molecule is C[C@@H]1C=CC=C[C@@H]1SCCO.N#[O+].[C-]#[O+].[C-]#[O+].[Mn]. The maximum atomic E-state index is 8.62. The van der Waals surface area contributed by atoms with Gasteiger partial charge in [-0.2, -0.15) is 11.8 Å². The zero-order valence-electron chi connectivity index (χ0n) is 9.78. The number of aliphatic hydroxyl groups is 1. The summed E-state index contributed by atoms with van der Waals surface area (Å²) in [6, 6.07) is 0. The van der Waals surface area contributed by atoms with E-state index in [2.05, 4.69) is 44.5 Å². The first-order valence-corrected chi connectivity index (χ1v) is 5.56. The molecule has 18 heavy (non-hydrogen) atoms. The first kappa shape index (κ1) is 26.1. The molecule has 5 nitrogen and oxygen atoms in total. The van der Waals surface area contributed by atoms with Crippen molar-refractivity contribution in [3.8, 4) is 0 Å². The van der Waals surface area contributed by atoms with Crippen LogP contribution in [0.1, 0.15) is 6.92 Å². The fourth-order valence-electron chi connectivity index (χ4n) is 1.09. The molecule has 0 heterocycles. The normalized spacial score (nSPS) is 18.2. The number of hydrogen-bond acceptors (Lipinski definition) is 3. The van der Waals surface area contributed by atoms with Gasteiger partial charge in [0.05, 0.1) is 6.61 Å². The maximum Gasteiger partial charge on any atom is 0 e. The molecular formula is C11H14MnNO4S+. The van der Waals surface area contributed by atoms with E-state index in [0.717, 1.165) is 5.75 Å². The second-order valence-corrected chi connectivity index (χ2v) is 3.97. The van der Waals surface area contributed by atoms with E-state index < -0.39 is 0 Å². The molecule has 0 unspecified atom stereocenters. The van der Waals surface area contributed by atoms with Gasteiger partial charge in [-0.05, 0) is 5.92 Å². The van der Waals surface area contributed by atoms with E-state index in [1.165, 1.54) is 0 Å². The summed E-state index contributed by atoms with van der Waals surface area (Å²) >= 11 is 1.82. The third kappa shape index (κ3) is 15.5. The van der Waals surface area contributed by atoms with Crippen LogP contribution in [0.3, 0.4) is 0 Å². The number of allylic oxidation sites excluding steroid dienone is 3. The Bertz CT molecular complexity index is 262. The number of rotatable bonds is 3. The summed E-state index contributed by atoms with van der Waals surface area (Å²) in [5, 5.41) is 9.18. The summed E-state index contributed by atoms with van der Waals surface area (Å²) in [5.41, 5.74) is 5.75. The van der Waals surface area contributed by atoms with Crippen LogP contribution >= 0.6 is 11.8 Å². The first-order valence-electron chi connectivity index (χ1n) is 4.51. The van der Waals surface area contributed by atoms with E-state index >= 15 is 0 Å². The van der Waals surface area contributed by atoms with Gasteiger partial charge in [0.2, 0.25) is 0 Å². The van der Waals surface area contributed by atoms with Gasteiger partial charge in [0.1, 0.15) is 0 Å². The van der Waals surface area contributed by atoms with Crippen LogP contribution in [0, 0.1) is 24.7 Å². The maximum absolute atomic E-state index is 8.62. The van der Waals surface area contributed by atoms with Crippen LogP contribution in [-0.2, 0) is 31.1 Å². The summed E-state index contributed by atoms with van der Waals surface area (Å²) in [5.74, 6) is 1.45. The average Bonchev–Trinajstić information content (AvgIpc) is 2.45. The minimum Gasteiger partial charge on any atom is 0 e. The van der Waals surface area contributed by atoms with Gasteiger partial charge in [0.25, 0.3) is 0 Å². The summed E-state index contributed by atoms with van der Waals surface area (Å²) < 4.78 is 22.2. The van der Waals surface area contributed by atoms with E-state index in [1.54, 1.807) is 0 Å². The number of nitrogens with zero attached hydrogens (tertiary/aromatic N) is 1. The largest absolute Gasteiger partial charge is 0 e. The van der Waals surface area contributed by atoms with Crippen LogP contribution in [0.5, 0.6) is 0 Å². The Morgan fingerprint density at radius 3 is 2.00 bits per heavy atom. The van der Waals surface area contributed by atoms with Crippen LogP contribution in [0.25, 0.3) is 0 Å². The molecule has 99 valence electrons. The van der Waals surface area contributed by atoms with Crippen molar-refractivity contribution >= 4 is 11.8 Å². The Morgan fingerprint density at radius 1 is 1.17 bits per heavy atom. The fourth-order valence-corrected chi connectivity index (χ4v) is 2.07. The monoisotopic (exact) mass is 311 g/mol. The molecule has 2 atom stereocenters. The van der Waals surface area contributed by atoms with Crippen molar-refractivity contribution in [3.05, 3.63) is 37.6 Å². The van der Waals surface area contributed by atoms with Gasteiger partial charge in [-0.1, -0.05) is 31.2 Å². The molecule has 0 aromatic heterocycles. The average molecular weight is 311 g/mol. The van der Waals surface area contributed by atoms with Crippen molar-refractivity contribution in [1.29, 1.82) is 5.46 Å². The molecule has 0 amide bonds. The molecule has 1 rings (SSSR count). The third-order valence-corrected chi connectivity index (χ3v) is 3.14. The van der Waals surface area contributed by atoms with Crippen molar-refractivity contribution in [2.75, 3.05) is 12.4 Å². The zero-order valence-corrected chi connectivity index (χ0v) is 11.8. The predicted octanol–water partition coefficient (Wildman–Crippen LogP) is 1.66. The van der Waals surface area contributed by atoms with Crippen molar-refractivity contribution in [1.82, 2.24) is 0 Å². The Labute approximate surface area is 122 Å². The first-order chi connectivity index (χ1) is 8.34. The van der Waals surface area contributed by atoms with E-state index in [1.807, 2.05) is 11.8 Å². The summed E-state index contributed by atoms with van der Waals surface area (Å²) in [6.45, 7) is 11.5. The van der Waals surface area contributed by atoms with Crippen molar-refractivity contribution in [3.63, 3.8) is 0 Å². The molecule has 0 aromatic carbocycles. The summed E-state index contributed by atoms with van der Waals surface area (Å²) in [4.78, 5) is 0. The van der Waals surface area contributed by atoms with Gasteiger partial charge in [0.15, 0.2) is 0 Å². The summed E-state index contributed by atoms with van der Waals surface area (Å²) in [7, 11) is 0. The van der Waals surface area contributed by atoms with E-state index in [-0.39, 0.29) is 23.7 Å². The molecule has 0 aliphatic heterocycles. The molecular weight excluding hydrogens is 297 g/mol. The number of hydrogen-bond donors (Lipinski definition) is 1. The van der Waals surface area contributed by atoms with Gasteiger partial charge < -0.3 is 5.11 Å². The van der Waals surface area contributed by atoms with Crippen LogP contribution in [0.15, 0.2) is 24.3 Å². The molecule has 0 saturated carbocycles. The van der Waals surface area contributed by atoms with Crippen LogP contribution in [0.2, 0.25) is 0 Å². The van der Waals surface area contributed by atoms with Crippen LogP contribution in [0.4, 0.5) is 0 Å². The minimum atomic E-state index is 0. The van der Waals surface area contributed by atoms with Crippen molar-refractivity contribution in [2.45, 2.75) is 12.2 Å². The molecule has 0 spiro atoms. The molecule has 1 aliphatic rings. The number of aliphatic hydroxyl groups excluding tert-OH is 1. The van der Waals surface area contributed by atoms with Gasteiger partial charge in [-0.25, -0.2) is 0 Å². The molecule has 7 heteroatoms. The molecule has 0 saturated heterocycles. The molecule has 1 aliphatic carbocycles. The van der Waals surface area contributed by atoms with Gasteiger partial charge in [0, 0.05) is 28.1 Å². The fraction of sp³-hybridized carbons (Fsp3) is 0.455. The summed E-state index contributed by atoms with van der Waals surface area (Å²) in [6.07, 6.45) is 8.57. The van der Waals surface area contributed by atoms with Crippen LogP contribution < -0.4 is 0 Å². The van der Waals surface area contributed by atoms with Crippen molar-refractivity contribution < 1.29 is 36.3 Å². The molecule has 1 radical (unpaired) electrons. The van der Waals surface area contributed by atoms with Crippen molar-refractivity contribution in [2.24, 2.45) is 5.92 Å². The Balaban J connectivity index is -0.000000123. The van der Waals surface area contributed by atoms with Gasteiger partial charge in [-0.15, -0.1) is 0 Å². The standard InChI is InChI=1S/C9H14OS.2CO.Mn.NO/c1-8-4-2-3-5-9(8)11-7-6-10;2*1-2;;1-2/h2-5,8-10H,6-7H2,1H3;;;;/q;;;;+1/t8-,9+;;;;/m1..../s1. The predicted molar refractivity (Wildman–Crippen MR) is 61.0 cm³/mol. The Hall–Kier alpha value is -0.541. The quantitative estimate of drug-likeness (QED) is 0.487. The van der Waals surface area contributed by atoms with E-state index in [9.17, 15) is 0 Å². The zero-order chi connectivity index (χ0) is 14.1. The van der Waals surface area contributed by atoms with E-state index in [4.69, 9.17) is 24.6 Å². The van der Waals surface area contributed by atoms with Gasteiger partial charge in [-0.3, -0.25) is 0 Å². The van der Waals surface area contributed by atoms with Crippen LogP contribution in [-0.4, -0.2) is 22.7 Å². The molecule has 0 aromatic rings. The van der Waals surface area contributed by atoms with Gasteiger partial charge >= 0.3 is 32.8 Å².